The van der Waals surface area contributed by atoms with Gasteiger partial charge in [-0.3, -0.25) is 0 Å². The largest absolute Gasteiger partial charge is 0.240 e. The van der Waals surface area contributed by atoms with Crippen LogP contribution in [0, 0.1) is 0 Å². The van der Waals surface area contributed by atoms with Crippen molar-refractivity contribution in [2.75, 3.05) is 0 Å². The Morgan fingerprint density at radius 2 is 2.45 bits per heavy atom. The van der Waals surface area contributed by atoms with E-state index in [1.807, 2.05) is 13.0 Å². The summed E-state index contributed by atoms with van der Waals surface area (Å²) >= 11 is 5.85. The van der Waals surface area contributed by atoms with Crippen LogP contribution in [-0.2, 0) is 4.79 Å². The molecule has 0 aromatic carbocycles. The number of hydrogen-bond acceptors (Lipinski definition) is 2. The molecule has 2 nitrogen and oxygen atoms in total. The molecule has 0 saturated carbocycles. The van der Waals surface area contributed by atoms with E-state index in [-0.39, 0.29) is 0 Å². The number of nitrogens with zero attached hydrogens (tertiary/aromatic N) is 1. The molecule has 1 aliphatic rings. The summed E-state index contributed by atoms with van der Waals surface area (Å²) in [6, 6.07) is 0. The minimum absolute atomic E-state index is 0.663. The number of rotatable bonds is 1. The lowest BCUT2D eigenvalue weighted by atomic mass is 10.1. The third kappa shape index (κ3) is 1.79. The first-order valence-electron chi connectivity index (χ1n) is 3.39. The molecule has 0 fully saturated rings. The summed E-state index contributed by atoms with van der Waals surface area (Å²) in [7, 11) is 0. The minimum Gasteiger partial charge on any atom is -0.211 e. The van der Waals surface area contributed by atoms with Crippen LogP contribution in [0.4, 0.5) is 0 Å². The monoisotopic (exact) mass is 169 g/mol. The Labute approximate surface area is 70.3 Å². The molecule has 0 atom stereocenters. The molecular weight excluding hydrogens is 162 g/mol. The summed E-state index contributed by atoms with van der Waals surface area (Å²) in [5.41, 5.74) is 1.55. The molecule has 0 N–H and O–H groups in total. The number of hydrogen-bond donors (Lipinski definition) is 0. The molecule has 1 rings (SSSR count). The van der Waals surface area contributed by atoms with Gasteiger partial charge in [-0.2, -0.15) is 4.99 Å². The van der Waals surface area contributed by atoms with E-state index >= 15 is 0 Å². The van der Waals surface area contributed by atoms with Crippen LogP contribution in [0.2, 0.25) is 0 Å². The van der Waals surface area contributed by atoms with E-state index in [1.165, 1.54) is 6.08 Å². The van der Waals surface area contributed by atoms with Gasteiger partial charge in [0.25, 0.3) is 0 Å². The minimum atomic E-state index is 0.663. The average Bonchev–Trinajstić information content (AvgIpc) is 1.99. The van der Waals surface area contributed by atoms with Crippen LogP contribution in [0.1, 0.15) is 19.8 Å². The summed E-state index contributed by atoms with van der Waals surface area (Å²) in [5, 5.41) is 0.793. The molecule has 0 unspecified atom stereocenters. The molecule has 0 spiro atoms. The Morgan fingerprint density at radius 3 is 3.09 bits per heavy atom. The van der Waals surface area contributed by atoms with Gasteiger partial charge in [-0.25, -0.2) is 4.79 Å². The quantitative estimate of drug-likeness (QED) is 0.438. The number of allylic oxidation sites excluding steroid dienone is 3. The van der Waals surface area contributed by atoms with E-state index in [4.69, 9.17) is 11.6 Å². The fraction of sp³-hybridized carbons (Fsp3) is 0.375. The fourth-order valence-electron chi connectivity index (χ4n) is 0.994. The number of halogens is 1. The maximum Gasteiger partial charge on any atom is 0.240 e. The average molecular weight is 170 g/mol. The lowest BCUT2D eigenvalue weighted by molar-refractivity contribution is 0.564. The molecule has 0 heterocycles. The maximum absolute atomic E-state index is 9.93. The highest BCUT2D eigenvalue weighted by atomic mass is 35.5. The topological polar surface area (TPSA) is 29.4 Å². The molecule has 0 saturated heterocycles. The van der Waals surface area contributed by atoms with Gasteiger partial charge in [0, 0.05) is 5.03 Å². The van der Waals surface area contributed by atoms with Crippen molar-refractivity contribution in [1.82, 2.24) is 0 Å². The Hall–Kier alpha value is -0.850. The first kappa shape index (κ1) is 8.25. The Morgan fingerprint density at radius 1 is 1.73 bits per heavy atom. The van der Waals surface area contributed by atoms with Crippen LogP contribution in [0.3, 0.4) is 0 Å². The van der Waals surface area contributed by atoms with E-state index in [0.717, 1.165) is 23.4 Å². The van der Waals surface area contributed by atoms with Crippen molar-refractivity contribution in [2.24, 2.45) is 4.99 Å². The SMILES string of the molecule is CC1=C(Cl)CCC=C1N=C=O. The number of aliphatic imine (C=N–C) groups is 1. The second-order valence-electron chi connectivity index (χ2n) is 2.36. The number of carbonyl (C=O) groups excluding carboxylic acids is 1. The first-order chi connectivity index (χ1) is 5.25. The van der Waals surface area contributed by atoms with Crippen molar-refractivity contribution in [3.63, 3.8) is 0 Å². The highest BCUT2D eigenvalue weighted by Crippen LogP contribution is 2.27. The predicted octanol–water partition coefficient (Wildman–Crippen LogP) is 2.51. The molecule has 11 heavy (non-hydrogen) atoms. The zero-order valence-corrected chi connectivity index (χ0v) is 6.98. The second kappa shape index (κ2) is 3.51. The van der Waals surface area contributed by atoms with Gasteiger partial charge in [-0.05, 0) is 25.3 Å². The maximum atomic E-state index is 9.93. The summed E-state index contributed by atoms with van der Waals surface area (Å²) < 4.78 is 0. The molecule has 0 aromatic heterocycles. The van der Waals surface area contributed by atoms with Gasteiger partial charge < -0.3 is 0 Å². The van der Waals surface area contributed by atoms with E-state index < -0.39 is 0 Å². The van der Waals surface area contributed by atoms with Crippen molar-refractivity contribution < 1.29 is 4.79 Å². The van der Waals surface area contributed by atoms with Crippen LogP contribution < -0.4 is 0 Å². The lowest BCUT2D eigenvalue weighted by Crippen LogP contribution is -1.92. The first-order valence-corrected chi connectivity index (χ1v) is 3.77. The number of isocyanates is 1. The van der Waals surface area contributed by atoms with Gasteiger partial charge in [0.15, 0.2) is 0 Å². The van der Waals surface area contributed by atoms with Gasteiger partial charge in [0.2, 0.25) is 6.08 Å². The zero-order chi connectivity index (χ0) is 8.27. The molecule has 3 heteroatoms. The molecule has 1 aliphatic carbocycles. The third-order valence-corrected chi connectivity index (χ3v) is 2.13. The standard InChI is InChI=1S/C8H8ClNO/c1-6-7(9)3-2-4-8(6)10-5-11/h4H,2-3H2,1H3. The molecule has 0 bridgehead atoms. The fourth-order valence-corrected chi connectivity index (χ4v) is 1.20. The third-order valence-electron chi connectivity index (χ3n) is 1.66. The predicted molar refractivity (Wildman–Crippen MR) is 44.0 cm³/mol. The summed E-state index contributed by atoms with van der Waals surface area (Å²) in [4.78, 5) is 13.5. The second-order valence-corrected chi connectivity index (χ2v) is 2.82. The van der Waals surface area contributed by atoms with Crippen LogP contribution in [0.5, 0.6) is 0 Å². The van der Waals surface area contributed by atoms with Crippen LogP contribution in [0.15, 0.2) is 27.4 Å². The van der Waals surface area contributed by atoms with Crippen molar-refractivity contribution >= 4 is 17.7 Å². The van der Waals surface area contributed by atoms with Gasteiger partial charge in [0.1, 0.15) is 0 Å². The molecule has 0 amide bonds. The van der Waals surface area contributed by atoms with Gasteiger partial charge in [-0.1, -0.05) is 17.7 Å². The van der Waals surface area contributed by atoms with E-state index in [1.54, 1.807) is 0 Å². The molecular formula is C8H8ClNO. The lowest BCUT2D eigenvalue weighted by Gasteiger charge is -2.09. The summed E-state index contributed by atoms with van der Waals surface area (Å²) in [6.45, 7) is 1.86. The van der Waals surface area contributed by atoms with Crippen molar-refractivity contribution in [1.29, 1.82) is 0 Å². The molecule has 58 valence electrons. The van der Waals surface area contributed by atoms with Gasteiger partial charge in [-0.15, -0.1) is 0 Å². The molecule has 0 aromatic rings. The van der Waals surface area contributed by atoms with Crippen molar-refractivity contribution in [3.8, 4) is 0 Å². The Bertz CT molecular complexity index is 272. The van der Waals surface area contributed by atoms with Crippen LogP contribution in [-0.4, -0.2) is 6.08 Å². The smallest absolute Gasteiger partial charge is 0.211 e. The van der Waals surface area contributed by atoms with Crippen molar-refractivity contribution in [3.05, 3.63) is 22.4 Å². The highest BCUT2D eigenvalue weighted by molar-refractivity contribution is 6.30. The Kier molecular flexibility index (Phi) is 2.64. The summed E-state index contributed by atoms with van der Waals surface area (Å²) in [6.07, 6.45) is 5.11. The summed E-state index contributed by atoms with van der Waals surface area (Å²) in [5.74, 6) is 0. The van der Waals surface area contributed by atoms with E-state index in [0.29, 0.717) is 5.70 Å². The van der Waals surface area contributed by atoms with Crippen LogP contribution in [0.25, 0.3) is 0 Å². The highest BCUT2D eigenvalue weighted by Gasteiger charge is 2.08. The Balaban J connectivity index is 2.97. The van der Waals surface area contributed by atoms with E-state index in [9.17, 15) is 4.79 Å². The molecule has 0 aliphatic heterocycles. The van der Waals surface area contributed by atoms with Crippen molar-refractivity contribution in [2.45, 2.75) is 19.8 Å². The normalized spacial score (nSPS) is 17.5. The van der Waals surface area contributed by atoms with Gasteiger partial charge >= 0.3 is 0 Å². The van der Waals surface area contributed by atoms with E-state index in [2.05, 4.69) is 4.99 Å². The zero-order valence-electron chi connectivity index (χ0n) is 6.22. The molecule has 0 radical (unpaired) electrons. The van der Waals surface area contributed by atoms with Crippen LogP contribution >= 0.6 is 11.6 Å². The van der Waals surface area contributed by atoms with Gasteiger partial charge in [0.05, 0.1) is 5.70 Å².